The zero-order chi connectivity index (χ0) is 30.9. The molecule has 0 bridgehead atoms. The molecule has 3 nitrogen and oxygen atoms in total. The van der Waals surface area contributed by atoms with Crippen molar-refractivity contribution in [2.45, 2.75) is 0 Å². The van der Waals surface area contributed by atoms with E-state index in [9.17, 15) is 0 Å². The second-order valence-corrected chi connectivity index (χ2v) is 12.2. The first-order valence-electron chi connectivity index (χ1n) is 15.9. The lowest BCUT2D eigenvalue weighted by molar-refractivity contribution is 0.670. The topological polar surface area (TPSA) is 38.9 Å². The van der Waals surface area contributed by atoms with Gasteiger partial charge in [-0.05, 0) is 68.6 Å². The third kappa shape index (κ3) is 4.07. The van der Waals surface area contributed by atoms with Crippen molar-refractivity contribution in [1.82, 2.24) is 9.97 Å². The number of rotatable bonds is 3. The van der Waals surface area contributed by atoms with Crippen LogP contribution in [0, 0.1) is 0 Å². The summed E-state index contributed by atoms with van der Waals surface area (Å²) in [5.74, 6) is 0. The van der Waals surface area contributed by atoms with Crippen molar-refractivity contribution in [3.8, 4) is 33.5 Å². The number of furan rings is 1. The van der Waals surface area contributed by atoms with Gasteiger partial charge in [0.1, 0.15) is 11.2 Å². The van der Waals surface area contributed by atoms with Gasteiger partial charge in [0.25, 0.3) is 0 Å². The number of aromatic nitrogens is 2. The summed E-state index contributed by atoms with van der Waals surface area (Å²) in [6, 6.07) is 53.5. The molecule has 2 heterocycles. The third-order valence-electron chi connectivity index (χ3n) is 9.44. The van der Waals surface area contributed by atoms with Gasteiger partial charge in [-0.25, -0.2) is 4.98 Å². The Labute approximate surface area is 270 Å². The highest BCUT2D eigenvalue weighted by molar-refractivity contribution is 6.23. The number of nitrogens with zero attached hydrogens (tertiary/aromatic N) is 2. The van der Waals surface area contributed by atoms with E-state index >= 15 is 0 Å². The zero-order valence-corrected chi connectivity index (χ0v) is 25.3. The summed E-state index contributed by atoms with van der Waals surface area (Å²) < 4.78 is 6.70. The average Bonchev–Trinajstić information content (AvgIpc) is 3.51. The fourth-order valence-corrected chi connectivity index (χ4v) is 7.18. The van der Waals surface area contributed by atoms with E-state index in [-0.39, 0.29) is 0 Å². The molecule has 0 aliphatic heterocycles. The predicted octanol–water partition coefficient (Wildman–Crippen LogP) is 12.0. The van der Waals surface area contributed by atoms with Gasteiger partial charge in [-0.2, -0.15) is 0 Å². The maximum absolute atomic E-state index is 6.70. The van der Waals surface area contributed by atoms with Gasteiger partial charge in [0.2, 0.25) is 0 Å². The van der Waals surface area contributed by atoms with Crippen LogP contribution in [0.3, 0.4) is 0 Å². The van der Waals surface area contributed by atoms with Crippen LogP contribution in [0.2, 0.25) is 0 Å². The highest BCUT2D eigenvalue weighted by Gasteiger charge is 2.17. The summed E-state index contributed by atoms with van der Waals surface area (Å²) in [5.41, 5.74) is 9.90. The normalized spacial score (nSPS) is 11.8. The Morgan fingerprint density at radius 2 is 1.04 bits per heavy atom. The fourth-order valence-electron chi connectivity index (χ4n) is 7.18. The molecule has 0 amide bonds. The molecule has 0 radical (unpaired) electrons. The van der Waals surface area contributed by atoms with Crippen LogP contribution in [-0.4, -0.2) is 9.97 Å². The maximum atomic E-state index is 6.70. The second-order valence-electron chi connectivity index (χ2n) is 12.2. The molecule has 47 heavy (non-hydrogen) atoms. The van der Waals surface area contributed by atoms with Crippen LogP contribution in [-0.2, 0) is 0 Å². The molecule has 0 saturated heterocycles. The fraction of sp³-hybridized carbons (Fsp3) is 0. The molecule has 0 atom stereocenters. The van der Waals surface area contributed by atoms with Crippen molar-refractivity contribution in [3.05, 3.63) is 158 Å². The van der Waals surface area contributed by atoms with Gasteiger partial charge < -0.3 is 4.42 Å². The highest BCUT2D eigenvalue weighted by Crippen LogP contribution is 2.42. The minimum absolute atomic E-state index is 0.839. The molecular formula is C44H26N2O. The maximum Gasteiger partial charge on any atom is 0.143 e. The van der Waals surface area contributed by atoms with E-state index in [0.29, 0.717) is 0 Å². The van der Waals surface area contributed by atoms with E-state index in [2.05, 4.69) is 152 Å². The monoisotopic (exact) mass is 598 g/mol. The van der Waals surface area contributed by atoms with E-state index in [1.807, 2.05) is 6.20 Å². The molecule has 0 unspecified atom stereocenters. The Hall–Kier alpha value is -6.32. The minimum atomic E-state index is 0.839. The summed E-state index contributed by atoms with van der Waals surface area (Å²) >= 11 is 0. The zero-order valence-electron chi connectivity index (χ0n) is 25.3. The van der Waals surface area contributed by atoms with E-state index in [1.165, 1.54) is 27.1 Å². The Bertz CT molecular complexity index is 2810. The molecule has 2 aromatic heterocycles. The van der Waals surface area contributed by atoms with Gasteiger partial charge in [-0.1, -0.05) is 121 Å². The van der Waals surface area contributed by atoms with Crippen LogP contribution in [0.25, 0.3) is 98.8 Å². The standard InChI is InChI=1S/C44H26N2O/c1-2-11-27(12-3-1)32-23-37(44-39(24-32)38-22-28-13-4-5-14-29(28)25-41(38)47-44)30-15-10-16-31(21-30)40-26-45-42-35-19-8-6-17-33(35)34-18-7-9-20-36(34)43(42)46-40/h1-26H. The van der Waals surface area contributed by atoms with Gasteiger partial charge in [0.15, 0.2) is 0 Å². The molecule has 0 aliphatic rings. The van der Waals surface area contributed by atoms with Gasteiger partial charge in [0.05, 0.1) is 22.9 Å². The summed E-state index contributed by atoms with van der Waals surface area (Å²) in [4.78, 5) is 10.3. The van der Waals surface area contributed by atoms with Crippen LogP contribution < -0.4 is 0 Å². The first-order chi connectivity index (χ1) is 23.3. The molecular weight excluding hydrogens is 572 g/mol. The molecule has 0 saturated carbocycles. The second kappa shape index (κ2) is 10.1. The Morgan fingerprint density at radius 1 is 0.404 bits per heavy atom. The predicted molar refractivity (Wildman–Crippen MR) is 196 cm³/mol. The molecule has 8 aromatic carbocycles. The average molecular weight is 599 g/mol. The van der Waals surface area contributed by atoms with Crippen LogP contribution in [0.4, 0.5) is 0 Å². The highest BCUT2D eigenvalue weighted by atomic mass is 16.3. The SMILES string of the molecule is c1ccc(-c2cc(-c3cccc(-c4cnc5c6ccccc6c6ccccc6c5n4)c3)c3oc4cc5ccccc5cc4c3c2)cc1. The first kappa shape index (κ1) is 26.0. The van der Waals surface area contributed by atoms with Crippen LogP contribution in [0.5, 0.6) is 0 Å². The summed E-state index contributed by atoms with van der Waals surface area (Å²) in [7, 11) is 0. The van der Waals surface area contributed by atoms with E-state index in [4.69, 9.17) is 14.4 Å². The van der Waals surface area contributed by atoms with E-state index in [0.717, 1.165) is 71.7 Å². The van der Waals surface area contributed by atoms with E-state index in [1.54, 1.807) is 0 Å². The molecule has 218 valence electrons. The third-order valence-corrected chi connectivity index (χ3v) is 9.44. The van der Waals surface area contributed by atoms with Crippen molar-refractivity contribution in [3.63, 3.8) is 0 Å². The van der Waals surface area contributed by atoms with Crippen LogP contribution >= 0.6 is 0 Å². The number of benzene rings is 8. The van der Waals surface area contributed by atoms with Crippen molar-refractivity contribution < 1.29 is 4.42 Å². The van der Waals surface area contributed by atoms with Crippen molar-refractivity contribution >= 4 is 65.3 Å². The largest absolute Gasteiger partial charge is 0.455 e. The van der Waals surface area contributed by atoms with Crippen molar-refractivity contribution in [2.75, 3.05) is 0 Å². The van der Waals surface area contributed by atoms with Crippen LogP contribution in [0.15, 0.2) is 162 Å². The number of fused-ring (bicyclic) bond motifs is 10. The number of hydrogen-bond acceptors (Lipinski definition) is 3. The lowest BCUT2D eigenvalue weighted by Gasteiger charge is -2.12. The molecule has 0 fully saturated rings. The Morgan fingerprint density at radius 3 is 1.83 bits per heavy atom. The lowest BCUT2D eigenvalue weighted by atomic mass is 9.94. The first-order valence-corrected chi connectivity index (χ1v) is 15.9. The lowest BCUT2D eigenvalue weighted by Crippen LogP contribution is -1.92. The summed E-state index contributed by atoms with van der Waals surface area (Å²) in [5, 5.41) is 9.21. The van der Waals surface area contributed by atoms with Gasteiger partial charge in [-0.15, -0.1) is 0 Å². The smallest absolute Gasteiger partial charge is 0.143 e. The van der Waals surface area contributed by atoms with Gasteiger partial charge >= 0.3 is 0 Å². The molecule has 0 spiro atoms. The van der Waals surface area contributed by atoms with Crippen molar-refractivity contribution in [1.29, 1.82) is 0 Å². The molecule has 10 rings (SSSR count). The van der Waals surface area contributed by atoms with Crippen molar-refractivity contribution in [2.24, 2.45) is 0 Å². The summed E-state index contributed by atoms with van der Waals surface area (Å²) in [6.45, 7) is 0. The minimum Gasteiger partial charge on any atom is -0.455 e. The molecule has 3 heteroatoms. The Balaban J connectivity index is 1.20. The summed E-state index contributed by atoms with van der Waals surface area (Å²) in [6.07, 6.45) is 1.91. The molecule has 10 aromatic rings. The van der Waals surface area contributed by atoms with Crippen LogP contribution in [0.1, 0.15) is 0 Å². The van der Waals surface area contributed by atoms with Gasteiger partial charge in [-0.3, -0.25) is 4.98 Å². The molecule has 0 N–H and O–H groups in total. The molecule has 0 aliphatic carbocycles. The Kier molecular flexibility index (Phi) is 5.57. The van der Waals surface area contributed by atoms with E-state index < -0.39 is 0 Å². The van der Waals surface area contributed by atoms with Gasteiger partial charge in [0, 0.05) is 32.7 Å². The quantitative estimate of drug-likeness (QED) is 0.190. The number of hydrogen-bond donors (Lipinski definition) is 0.